The summed E-state index contributed by atoms with van der Waals surface area (Å²) in [6, 6.07) is 12.0. The van der Waals surface area contributed by atoms with Gasteiger partial charge in [0.25, 0.3) is 5.91 Å². The molecular formula is C16H16N4O. The molecule has 0 aliphatic carbocycles. The first-order valence-corrected chi connectivity index (χ1v) is 7.07. The molecule has 21 heavy (non-hydrogen) atoms. The zero-order valence-corrected chi connectivity index (χ0v) is 11.6. The number of rotatable bonds is 2. The lowest BCUT2D eigenvalue weighted by Crippen LogP contribution is -2.38. The topological polar surface area (TPSA) is 61.9 Å². The molecule has 1 amide bonds. The molecule has 1 aromatic carbocycles. The molecule has 0 saturated carbocycles. The van der Waals surface area contributed by atoms with Gasteiger partial charge < -0.3 is 4.90 Å². The maximum Gasteiger partial charge on any atom is 0.257 e. The number of hydrogen-bond donors (Lipinski definition) is 0. The molecule has 5 nitrogen and oxygen atoms in total. The summed E-state index contributed by atoms with van der Waals surface area (Å²) in [6.45, 7) is 1.29. The number of likely N-dealkylation sites (tertiary alicyclic amines) is 1. The van der Waals surface area contributed by atoms with Gasteiger partial charge in [-0.05, 0) is 25.0 Å². The van der Waals surface area contributed by atoms with Crippen LogP contribution in [-0.4, -0.2) is 33.7 Å². The van der Waals surface area contributed by atoms with Gasteiger partial charge in [0.05, 0.1) is 23.5 Å². The van der Waals surface area contributed by atoms with Gasteiger partial charge in [-0.15, -0.1) is 0 Å². The number of hydrogen-bond acceptors (Lipinski definition) is 3. The summed E-state index contributed by atoms with van der Waals surface area (Å²) in [5.74, 6) is 0.0784. The van der Waals surface area contributed by atoms with Crippen LogP contribution in [0.2, 0.25) is 0 Å². The minimum atomic E-state index is -0.00595. The highest BCUT2D eigenvalue weighted by Crippen LogP contribution is 2.18. The molecule has 2 heterocycles. The van der Waals surface area contributed by atoms with Crippen molar-refractivity contribution in [2.45, 2.75) is 12.8 Å². The fourth-order valence-corrected chi connectivity index (χ4v) is 2.55. The Morgan fingerprint density at radius 3 is 2.62 bits per heavy atom. The summed E-state index contributed by atoms with van der Waals surface area (Å²) >= 11 is 0. The smallest absolute Gasteiger partial charge is 0.257 e. The van der Waals surface area contributed by atoms with E-state index in [4.69, 9.17) is 5.26 Å². The predicted molar refractivity (Wildman–Crippen MR) is 77.8 cm³/mol. The summed E-state index contributed by atoms with van der Waals surface area (Å²) in [6.07, 6.45) is 4.88. The van der Waals surface area contributed by atoms with Gasteiger partial charge in [0, 0.05) is 25.2 Å². The van der Waals surface area contributed by atoms with Crippen molar-refractivity contribution in [3.05, 3.63) is 48.3 Å². The van der Waals surface area contributed by atoms with E-state index in [-0.39, 0.29) is 11.8 Å². The Hall–Kier alpha value is -2.61. The van der Waals surface area contributed by atoms with Crippen molar-refractivity contribution in [1.29, 1.82) is 5.26 Å². The molecule has 1 aromatic heterocycles. The first-order valence-electron chi connectivity index (χ1n) is 7.07. The average Bonchev–Trinajstić information content (AvgIpc) is 3.05. The minimum Gasteiger partial charge on any atom is -0.338 e. The van der Waals surface area contributed by atoms with E-state index in [0.717, 1.165) is 18.5 Å². The highest BCUT2D eigenvalue weighted by molar-refractivity contribution is 5.93. The number of carbonyl (C=O) groups is 1. The molecule has 0 spiro atoms. The van der Waals surface area contributed by atoms with Crippen molar-refractivity contribution in [3.8, 4) is 11.8 Å². The molecule has 0 bridgehead atoms. The lowest BCUT2D eigenvalue weighted by atomic mass is 9.98. The van der Waals surface area contributed by atoms with Crippen LogP contribution in [0.4, 0.5) is 0 Å². The molecule has 1 fully saturated rings. The van der Waals surface area contributed by atoms with E-state index in [2.05, 4.69) is 11.2 Å². The number of aromatic nitrogens is 2. The molecular weight excluding hydrogens is 264 g/mol. The van der Waals surface area contributed by atoms with Crippen LogP contribution < -0.4 is 0 Å². The van der Waals surface area contributed by atoms with Crippen LogP contribution in [0.1, 0.15) is 23.2 Å². The van der Waals surface area contributed by atoms with Gasteiger partial charge in [0.1, 0.15) is 0 Å². The van der Waals surface area contributed by atoms with Gasteiger partial charge in [0.15, 0.2) is 0 Å². The number of para-hydroxylation sites is 1. The van der Waals surface area contributed by atoms with Crippen LogP contribution in [0, 0.1) is 17.2 Å². The Labute approximate surface area is 123 Å². The summed E-state index contributed by atoms with van der Waals surface area (Å²) in [4.78, 5) is 14.2. The fraction of sp³-hybridized carbons (Fsp3) is 0.312. The zero-order valence-electron chi connectivity index (χ0n) is 11.6. The average molecular weight is 280 g/mol. The van der Waals surface area contributed by atoms with E-state index in [1.807, 2.05) is 30.3 Å². The van der Waals surface area contributed by atoms with Crippen LogP contribution in [-0.2, 0) is 0 Å². The number of amides is 1. The van der Waals surface area contributed by atoms with Crippen molar-refractivity contribution in [2.24, 2.45) is 5.92 Å². The van der Waals surface area contributed by atoms with E-state index in [0.29, 0.717) is 18.7 Å². The predicted octanol–water partition coefficient (Wildman–Crippen LogP) is 2.25. The molecule has 106 valence electrons. The normalized spacial score (nSPS) is 15.7. The fourth-order valence-electron chi connectivity index (χ4n) is 2.55. The minimum absolute atomic E-state index is 0.00595. The highest BCUT2D eigenvalue weighted by Gasteiger charge is 2.24. The number of carbonyl (C=O) groups excluding carboxylic acids is 1. The van der Waals surface area contributed by atoms with E-state index < -0.39 is 0 Å². The molecule has 1 saturated heterocycles. The number of piperidine rings is 1. The molecule has 0 unspecified atom stereocenters. The quantitative estimate of drug-likeness (QED) is 0.847. The maximum absolute atomic E-state index is 12.4. The van der Waals surface area contributed by atoms with Gasteiger partial charge >= 0.3 is 0 Å². The number of nitrogens with zero attached hydrogens (tertiary/aromatic N) is 4. The van der Waals surface area contributed by atoms with E-state index in [9.17, 15) is 4.79 Å². The third-order valence-electron chi connectivity index (χ3n) is 3.82. The monoisotopic (exact) mass is 280 g/mol. The summed E-state index contributed by atoms with van der Waals surface area (Å²) in [5.41, 5.74) is 1.52. The summed E-state index contributed by atoms with van der Waals surface area (Å²) in [5, 5.41) is 13.1. The first kappa shape index (κ1) is 13.4. The Morgan fingerprint density at radius 1 is 1.24 bits per heavy atom. The Morgan fingerprint density at radius 2 is 1.95 bits per heavy atom. The third-order valence-corrected chi connectivity index (χ3v) is 3.82. The molecule has 5 heteroatoms. The number of nitriles is 1. The van der Waals surface area contributed by atoms with Gasteiger partial charge in [-0.25, -0.2) is 4.68 Å². The highest BCUT2D eigenvalue weighted by atomic mass is 16.2. The second-order valence-electron chi connectivity index (χ2n) is 5.20. The van der Waals surface area contributed by atoms with Gasteiger partial charge in [0.2, 0.25) is 0 Å². The van der Waals surface area contributed by atoms with Gasteiger partial charge in [-0.2, -0.15) is 10.4 Å². The first-order chi connectivity index (χ1) is 10.3. The Balaban J connectivity index is 1.72. The van der Waals surface area contributed by atoms with Gasteiger partial charge in [-0.1, -0.05) is 18.2 Å². The van der Waals surface area contributed by atoms with Crippen LogP contribution in [0.25, 0.3) is 5.69 Å². The molecule has 1 aliphatic rings. The third kappa shape index (κ3) is 2.79. The molecule has 0 atom stereocenters. The molecule has 1 aliphatic heterocycles. The van der Waals surface area contributed by atoms with E-state index in [1.165, 1.54) is 0 Å². The van der Waals surface area contributed by atoms with Crippen molar-refractivity contribution < 1.29 is 4.79 Å². The standard InChI is InChI=1S/C16H16N4O/c17-10-13-6-8-19(9-7-13)16(21)14-11-18-20(12-14)15-4-2-1-3-5-15/h1-5,11-13H,6-9H2. The summed E-state index contributed by atoms with van der Waals surface area (Å²) < 4.78 is 1.70. The zero-order chi connectivity index (χ0) is 14.7. The Bertz CT molecular complexity index is 663. The van der Waals surface area contributed by atoms with Crippen molar-refractivity contribution in [3.63, 3.8) is 0 Å². The van der Waals surface area contributed by atoms with Crippen LogP contribution in [0.3, 0.4) is 0 Å². The van der Waals surface area contributed by atoms with Crippen LogP contribution in [0.5, 0.6) is 0 Å². The summed E-state index contributed by atoms with van der Waals surface area (Å²) in [7, 11) is 0. The molecule has 3 rings (SSSR count). The largest absolute Gasteiger partial charge is 0.338 e. The van der Waals surface area contributed by atoms with E-state index in [1.54, 1.807) is 22.0 Å². The lowest BCUT2D eigenvalue weighted by Gasteiger charge is -2.28. The Kier molecular flexibility index (Phi) is 3.69. The second kappa shape index (κ2) is 5.80. The molecule has 2 aromatic rings. The van der Waals surface area contributed by atoms with Gasteiger partial charge in [-0.3, -0.25) is 4.79 Å². The van der Waals surface area contributed by atoms with Crippen molar-refractivity contribution in [2.75, 3.05) is 13.1 Å². The van der Waals surface area contributed by atoms with Crippen LogP contribution in [0.15, 0.2) is 42.7 Å². The van der Waals surface area contributed by atoms with Crippen molar-refractivity contribution >= 4 is 5.91 Å². The maximum atomic E-state index is 12.4. The second-order valence-corrected chi connectivity index (χ2v) is 5.20. The molecule has 0 radical (unpaired) electrons. The number of benzene rings is 1. The van der Waals surface area contributed by atoms with Crippen molar-refractivity contribution in [1.82, 2.24) is 14.7 Å². The van der Waals surface area contributed by atoms with E-state index >= 15 is 0 Å². The lowest BCUT2D eigenvalue weighted by molar-refractivity contribution is 0.0707. The molecule has 0 N–H and O–H groups in total. The SMILES string of the molecule is N#CC1CCN(C(=O)c2cnn(-c3ccccc3)c2)CC1. The van der Waals surface area contributed by atoms with Crippen LogP contribution >= 0.6 is 0 Å².